The average Bonchev–Trinajstić information content (AvgIpc) is 2.69. The number of hydrogen-bond acceptors (Lipinski definition) is 7. The lowest BCUT2D eigenvalue weighted by Gasteiger charge is -2.12. The van der Waals surface area contributed by atoms with Crippen LogP contribution in [-0.2, 0) is 10.0 Å². The molecular formula is C18H21ClN2O6S. The highest BCUT2D eigenvalue weighted by atomic mass is 35.5. The molecule has 0 fully saturated rings. The molecule has 0 saturated heterocycles. The predicted octanol–water partition coefficient (Wildman–Crippen LogP) is 3.08. The van der Waals surface area contributed by atoms with Crippen molar-refractivity contribution in [3.05, 3.63) is 40.9 Å². The van der Waals surface area contributed by atoms with Crippen LogP contribution in [0.4, 0.5) is 0 Å². The van der Waals surface area contributed by atoms with Crippen LogP contribution in [0.2, 0.25) is 5.02 Å². The normalized spacial score (nSPS) is 11.3. The number of benzene rings is 2. The molecule has 0 aliphatic heterocycles. The third-order valence-electron chi connectivity index (χ3n) is 3.59. The number of sulfonamides is 1. The third kappa shape index (κ3) is 4.99. The van der Waals surface area contributed by atoms with E-state index in [1.165, 1.54) is 39.7 Å². The van der Waals surface area contributed by atoms with Crippen LogP contribution in [-0.4, -0.2) is 42.6 Å². The second-order valence-corrected chi connectivity index (χ2v) is 7.37. The van der Waals surface area contributed by atoms with Gasteiger partial charge in [-0.1, -0.05) is 11.6 Å². The van der Waals surface area contributed by atoms with E-state index in [0.717, 1.165) is 0 Å². The Balaban J connectivity index is 2.28. The number of nitrogens with one attached hydrogen (secondary N) is 1. The van der Waals surface area contributed by atoms with Gasteiger partial charge >= 0.3 is 0 Å². The summed E-state index contributed by atoms with van der Waals surface area (Å²) in [5, 5.41) is 4.12. The lowest BCUT2D eigenvalue weighted by molar-refractivity contribution is 0.311. The smallest absolute Gasteiger partial charge is 0.280 e. The molecule has 0 unspecified atom stereocenters. The van der Waals surface area contributed by atoms with Gasteiger partial charge in [-0.15, -0.1) is 0 Å². The van der Waals surface area contributed by atoms with Crippen LogP contribution in [0.25, 0.3) is 0 Å². The van der Waals surface area contributed by atoms with Crippen molar-refractivity contribution in [2.75, 3.05) is 27.9 Å². The first-order chi connectivity index (χ1) is 13.4. The molecule has 2 rings (SSSR count). The summed E-state index contributed by atoms with van der Waals surface area (Å²) in [6.07, 6.45) is 1.30. The van der Waals surface area contributed by atoms with E-state index in [1.54, 1.807) is 18.2 Å². The Hall–Kier alpha value is -2.65. The minimum Gasteiger partial charge on any atom is -0.497 e. The molecule has 0 aromatic heterocycles. The summed E-state index contributed by atoms with van der Waals surface area (Å²) in [6, 6.07) is 7.64. The molecule has 1 N–H and O–H groups in total. The largest absolute Gasteiger partial charge is 0.497 e. The predicted molar refractivity (Wildman–Crippen MR) is 107 cm³/mol. The van der Waals surface area contributed by atoms with Crippen LogP contribution in [0.5, 0.6) is 23.0 Å². The minimum atomic E-state index is -3.99. The molecule has 0 heterocycles. The van der Waals surface area contributed by atoms with Gasteiger partial charge in [-0.2, -0.15) is 18.4 Å². The summed E-state index contributed by atoms with van der Waals surface area (Å²) < 4.78 is 46.0. The summed E-state index contributed by atoms with van der Waals surface area (Å²) in [5.74, 6) is 1.35. The van der Waals surface area contributed by atoms with Crippen LogP contribution in [0.15, 0.2) is 40.3 Å². The highest BCUT2D eigenvalue weighted by molar-refractivity contribution is 7.89. The van der Waals surface area contributed by atoms with Crippen LogP contribution in [0, 0.1) is 0 Å². The van der Waals surface area contributed by atoms with Gasteiger partial charge < -0.3 is 18.9 Å². The zero-order valence-corrected chi connectivity index (χ0v) is 17.4. The van der Waals surface area contributed by atoms with Crippen LogP contribution >= 0.6 is 11.6 Å². The molecule has 10 heteroatoms. The van der Waals surface area contributed by atoms with Crippen molar-refractivity contribution in [3.8, 4) is 23.0 Å². The molecule has 0 aliphatic carbocycles. The molecule has 0 saturated carbocycles. The Kier molecular flexibility index (Phi) is 7.36. The Bertz CT molecular complexity index is 963. The van der Waals surface area contributed by atoms with Crippen molar-refractivity contribution in [2.24, 2.45) is 5.10 Å². The van der Waals surface area contributed by atoms with Crippen molar-refractivity contribution in [1.29, 1.82) is 0 Å². The second kappa shape index (κ2) is 9.52. The summed E-state index contributed by atoms with van der Waals surface area (Å²) in [7, 11) is 0.299. The first kappa shape index (κ1) is 21.6. The molecule has 2 aromatic rings. The lowest BCUT2D eigenvalue weighted by Crippen LogP contribution is -2.19. The lowest BCUT2D eigenvalue weighted by atomic mass is 10.2. The van der Waals surface area contributed by atoms with Gasteiger partial charge in [0.2, 0.25) is 0 Å². The molecule has 0 amide bonds. The maximum absolute atomic E-state index is 12.6. The number of nitrogens with zero attached hydrogens (tertiary/aromatic N) is 1. The summed E-state index contributed by atoms with van der Waals surface area (Å²) in [5.41, 5.74) is 0.519. The van der Waals surface area contributed by atoms with Gasteiger partial charge in [0.25, 0.3) is 10.0 Å². The standard InChI is InChI=1S/C18H21ClN2O6S/c1-5-27-18-14(19)8-12(9-16(18)26-4)11-20-21-28(22,23)17-10-13(24-2)6-7-15(17)25-3/h6-11,21H,5H2,1-4H3/b20-11+. The maximum Gasteiger partial charge on any atom is 0.280 e. The Morgan fingerprint density at radius 2 is 1.79 bits per heavy atom. The van der Waals surface area contributed by atoms with Gasteiger partial charge in [-0.05, 0) is 36.8 Å². The maximum atomic E-state index is 12.6. The van der Waals surface area contributed by atoms with E-state index in [9.17, 15) is 8.42 Å². The molecule has 0 bridgehead atoms. The molecular weight excluding hydrogens is 408 g/mol. The van der Waals surface area contributed by atoms with Crippen molar-refractivity contribution in [2.45, 2.75) is 11.8 Å². The van der Waals surface area contributed by atoms with E-state index in [1.807, 2.05) is 6.92 Å². The zero-order chi connectivity index (χ0) is 20.7. The Morgan fingerprint density at radius 3 is 2.39 bits per heavy atom. The first-order valence-electron chi connectivity index (χ1n) is 8.13. The van der Waals surface area contributed by atoms with E-state index in [2.05, 4.69) is 9.93 Å². The van der Waals surface area contributed by atoms with E-state index < -0.39 is 10.0 Å². The Morgan fingerprint density at radius 1 is 1.07 bits per heavy atom. The zero-order valence-electron chi connectivity index (χ0n) is 15.9. The fourth-order valence-corrected chi connectivity index (χ4v) is 3.56. The van der Waals surface area contributed by atoms with E-state index in [4.69, 9.17) is 30.5 Å². The Labute approximate surface area is 169 Å². The summed E-state index contributed by atoms with van der Waals surface area (Å²) in [4.78, 5) is 2.03. The fourth-order valence-electron chi connectivity index (χ4n) is 2.31. The third-order valence-corrected chi connectivity index (χ3v) is 5.11. The molecule has 0 radical (unpaired) electrons. The van der Waals surface area contributed by atoms with Gasteiger partial charge in [0.15, 0.2) is 11.5 Å². The number of rotatable bonds is 9. The van der Waals surface area contributed by atoms with E-state index >= 15 is 0 Å². The highest BCUT2D eigenvalue weighted by Crippen LogP contribution is 2.36. The van der Waals surface area contributed by atoms with Gasteiger partial charge in [0.05, 0.1) is 39.2 Å². The first-order valence-corrected chi connectivity index (χ1v) is 9.99. The van der Waals surface area contributed by atoms with Crippen molar-refractivity contribution >= 4 is 27.8 Å². The van der Waals surface area contributed by atoms with E-state index in [-0.39, 0.29) is 10.6 Å². The van der Waals surface area contributed by atoms with Crippen LogP contribution in [0.1, 0.15) is 12.5 Å². The number of methoxy groups -OCH3 is 3. The SMILES string of the molecule is CCOc1c(Cl)cc(/C=N/NS(=O)(=O)c2cc(OC)ccc2OC)cc1OC. The molecule has 2 aromatic carbocycles. The molecule has 8 nitrogen and oxygen atoms in total. The number of hydrazone groups is 1. The van der Waals surface area contributed by atoms with E-state index in [0.29, 0.717) is 34.4 Å². The molecule has 0 atom stereocenters. The van der Waals surface area contributed by atoms with Crippen molar-refractivity contribution in [1.82, 2.24) is 4.83 Å². The highest BCUT2D eigenvalue weighted by Gasteiger charge is 2.20. The van der Waals surface area contributed by atoms with Crippen LogP contribution < -0.4 is 23.8 Å². The fraction of sp³-hybridized carbons (Fsp3) is 0.278. The number of halogens is 1. The number of ether oxygens (including phenoxy) is 4. The van der Waals surface area contributed by atoms with Crippen LogP contribution in [0.3, 0.4) is 0 Å². The minimum absolute atomic E-state index is 0.103. The monoisotopic (exact) mass is 428 g/mol. The molecule has 28 heavy (non-hydrogen) atoms. The average molecular weight is 429 g/mol. The van der Waals surface area contributed by atoms with Gasteiger partial charge in [-0.3, -0.25) is 0 Å². The van der Waals surface area contributed by atoms with Gasteiger partial charge in [0.1, 0.15) is 16.4 Å². The van der Waals surface area contributed by atoms with Gasteiger partial charge in [0, 0.05) is 6.07 Å². The topological polar surface area (TPSA) is 95.5 Å². The van der Waals surface area contributed by atoms with Crippen molar-refractivity contribution in [3.63, 3.8) is 0 Å². The molecule has 0 aliphatic rings. The second-order valence-electron chi connectivity index (χ2n) is 5.34. The molecule has 152 valence electrons. The van der Waals surface area contributed by atoms with Crippen molar-refractivity contribution < 1.29 is 27.4 Å². The molecule has 0 spiro atoms. The quantitative estimate of drug-likeness (QED) is 0.487. The summed E-state index contributed by atoms with van der Waals surface area (Å²) >= 11 is 6.19. The number of hydrogen-bond donors (Lipinski definition) is 1. The summed E-state index contributed by atoms with van der Waals surface area (Å²) in [6.45, 7) is 2.25. The van der Waals surface area contributed by atoms with Gasteiger partial charge in [-0.25, -0.2) is 0 Å².